The minimum atomic E-state index is -1.80. The zero-order valence-corrected chi connectivity index (χ0v) is 31.5. The van der Waals surface area contributed by atoms with Crippen LogP contribution in [0.2, 0.25) is 0 Å². The van der Waals surface area contributed by atoms with Gasteiger partial charge < -0.3 is 51.8 Å². The number of aldehydes is 1. The van der Waals surface area contributed by atoms with Gasteiger partial charge in [0.2, 0.25) is 29.5 Å². The minimum absolute atomic E-state index is 0.0114. The van der Waals surface area contributed by atoms with Crippen LogP contribution in [0.15, 0.2) is 0 Å². The van der Waals surface area contributed by atoms with E-state index in [0.29, 0.717) is 0 Å². The van der Waals surface area contributed by atoms with Crippen molar-refractivity contribution in [3.63, 3.8) is 0 Å². The van der Waals surface area contributed by atoms with E-state index in [4.69, 9.17) is 11.5 Å². The molecule has 0 saturated carbocycles. The van der Waals surface area contributed by atoms with Gasteiger partial charge in [0.1, 0.15) is 30.5 Å². The molecule has 306 valence electrons. The van der Waals surface area contributed by atoms with E-state index in [9.17, 15) is 68.1 Å². The van der Waals surface area contributed by atoms with Crippen molar-refractivity contribution < 1.29 is 73.2 Å². The highest BCUT2D eigenvalue weighted by Crippen LogP contribution is 2.13. The molecule has 6 atom stereocenters. The number of amides is 5. The summed E-state index contributed by atoms with van der Waals surface area (Å²) in [5, 5.41) is 48.1. The fraction of sp³-hybridized carbons (Fsp3) is 0.618. The number of carboxylic acids is 4. The number of carbonyl (C=O) groups excluding carboxylic acids is 7. The maximum atomic E-state index is 13.7. The largest absolute Gasteiger partial charge is 0.481 e. The van der Waals surface area contributed by atoms with Gasteiger partial charge in [0.15, 0.2) is 5.78 Å². The SMILES string of the molecule is C#CC[C@@H](C=O)C(=O)[C@H](CCC(=O)O)NC(=O)[C@@H](CC(C)C)NC(=O)[C@H](CCSC)NC(=O)[C@H](CCC(=O)O)NC(=O)[C@H](CC(=O)O)NC(=O)CCC(=O)O. The molecule has 0 rings (SSSR count). The van der Waals surface area contributed by atoms with Crippen molar-refractivity contribution in [1.82, 2.24) is 26.6 Å². The van der Waals surface area contributed by atoms with E-state index < -0.39 is 140 Å². The van der Waals surface area contributed by atoms with Crippen molar-refractivity contribution >= 4 is 77.2 Å². The predicted octanol–water partition coefficient (Wildman–Crippen LogP) is -1.31. The van der Waals surface area contributed by atoms with Crippen molar-refractivity contribution in [2.45, 2.75) is 108 Å². The van der Waals surface area contributed by atoms with Gasteiger partial charge in [-0.15, -0.1) is 12.3 Å². The van der Waals surface area contributed by atoms with Crippen LogP contribution in [-0.2, 0) is 52.7 Å². The zero-order valence-electron chi connectivity index (χ0n) is 30.7. The lowest BCUT2D eigenvalue weighted by atomic mass is 9.93. The molecule has 9 N–H and O–H groups in total. The minimum Gasteiger partial charge on any atom is -0.481 e. The number of aliphatic carboxylic acids is 4. The molecule has 0 bridgehead atoms. The molecule has 0 unspecified atom stereocenters. The summed E-state index contributed by atoms with van der Waals surface area (Å²) < 4.78 is 0. The van der Waals surface area contributed by atoms with Crippen molar-refractivity contribution in [3.05, 3.63) is 0 Å². The van der Waals surface area contributed by atoms with Gasteiger partial charge in [0.25, 0.3) is 0 Å². The standard InChI is InChI=1S/C34H49N5O15S/c1-5-6-19(17-40)30(50)20(7-10-26(42)43)36-33(53)23(15-18(2)3)39-32(52)22(13-14-55-4)38-31(51)21(8-11-27(44)45)37-34(54)24(16-29(48)49)35-25(41)9-12-28(46)47/h1,17-24H,6-16H2,2-4H3,(H,35,41)(H,36,53)(H,37,54)(H,38,51)(H,39,52)(H,42,43)(H,44,45)(H,46,47)(H,48,49)/t19-,20-,21-,22-,23+,24-/m0/s1. The van der Waals surface area contributed by atoms with Crippen LogP contribution >= 0.6 is 11.8 Å². The maximum Gasteiger partial charge on any atom is 0.305 e. The van der Waals surface area contributed by atoms with Crippen LogP contribution in [0.1, 0.15) is 78.1 Å². The molecule has 0 aromatic rings. The first-order chi connectivity index (χ1) is 25.7. The van der Waals surface area contributed by atoms with Gasteiger partial charge in [0.05, 0.1) is 24.8 Å². The van der Waals surface area contributed by atoms with Crippen molar-refractivity contribution in [1.29, 1.82) is 0 Å². The summed E-state index contributed by atoms with van der Waals surface area (Å²) in [5.74, 6) is -10.6. The zero-order chi connectivity index (χ0) is 42.2. The molecule has 55 heavy (non-hydrogen) atoms. The normalized spacial score (nSPS) is 13.9. The highest BCUT2D eigenvalue weighted by Gasteiger charge is 2.34. The lowest BCUT2D eigenvalue weighted by Gasteiger charge is -2.28. The summed E-state index contributed by atoms with van der Waals surface area (Å²) in [6.07, 6.45) is 2.43. The molecule has 21 heteroatoms. The number of Topliss-reactive ketones (excluding diaryl/α,β-unsaturated/α-hetero) is 1. The molecular weight excluding hydrogens is 750 g/mol. The monoisotopic (exact) mass is 799 g/mol. The second-order valence-electron chi connectivity index (χ2n) is 12.7. The quantitative estimate of drug-likeness (QED) is 0.0241. The second kappa shape index (κ2) is 26.3. The Bertz CT molecular complexity index is 1460. The van der Waals surface area contributed by atoms with Gasteiger partial charge in [-0.3, -0.25) is 47.9 Å². The van der Waals surface area contributed by atoms with Crippen LogP contribution in [0.4, 0.5) is 0 Å². The number of carbonyl (C=O) groups is 11. The Morgan fingerprint density at radius 1 is 0.618 bits per heavy atom. The first kappa shape index (κ1) is 49.5. The fourth-order valence-corrected chi connectivity index (χ4v) is 5.33. The number of hydrogen-bond acceptors (Lipinski definition) is 12. The average Bonchev–Trinajstić information content (AvgIpc) is 3.09. The third-order valence-electron chi connectivity index (χ3n) is 7.63. The summed E-state index contributed by atoms with van der Waals surface area (Å²) in [5.41, 5.74) is 0. The van der Waals surface area contributed by atoms with E-state index in [1.54, 1.807) is 20.1 Å². The number of carboxylic acid groups (broad SMARTS) is 4. The molecular formula is C34H49N5O15S. The highest BCUT2D eigenvalue weighted by atomic mass is 32.2. The number of hydrogen-bond donors (Lipinski definition) is 9. The Labute approximate surface area is 321 Å². The topological polar surface area (TPSA) is 329 Å². The Balaban J connectivity index is 6.38. The molecule has 0 fully saturated rings. The van der Waals surface area contributed by atoms with E-state index in [1.165, 1.54) is 11.8 Å². The molecule has 0 aliphatic rings. The predicted molar refractivity (Wildman–Crippen MR) is 193 cm³/mol. The van der Waals surface area contributed by atoms with E-state index >= 15 is 0 Å². The number of ketones is 1. The van der Waals surface area contributed by atoms with Crippen molar-refractivity contribution in [3.8, 4) is 12.3 Å². The van der Waals surface area contributed by atoms with E-state index in [-0.39, 0.29) is 37.2 Å². The van der Waals surface area contributed by atoms with Crippen molar-refractivity contribution in [2.24, 2.45) is 11.8 Å². The molecule has 0 radical (unpaired) electrons. The van der Waals surface area contributed by atoms with Crippen LogP contribution in [0, 0.1) is 24.2 Å². The van der Waals surface area contributed by atoms with Gasteiger partial charge in [-0.2, -0.15) is 11.8 Å². The van der Waals surface area contributed by atoms with Crippen LogP contribution < -0.4 is 26.6 Å². The molecule has 0 aromatic heterocycles. The maximum absolute atomic E-state index is 13.7. The average molecular weight is 800 g/mol. The van der Waals surface area contributed by atoms with Crippen LogP contribution in [-0.4, -0.2) is 128 Å². The number of terminal acetylenes is 1. The number of rotatable bonds is 29. The molecule has 0 aromatic carbocycles. The summed E-state index contributed by atoms with van der Waals surface area (Å²) in [6.45, 7) is 3.42. The van der Waals surface area contributed by atoms with E-state index in [1.807, 2.05) is 0 Å². The molecule has 0 spiro atoms. The van der Waals surface area contributed by atoms with Crippen LogP contribution in [0.3, 0.4) is 0 Å². The highest BCUT2D eigenvalue weighted by molar-refractivity contribution is 7.98. The number of nitrogens with one attached hydrogen (secondary N) is 5. The lowest BCUT2D eigenvalue weighted by Crippen LogP contribution is -2.59. The Morgan fingerprint density at radius 3 is 1.53 bits per heavy atom. The molecule has 0 heterocycles. The molecule has 5 amide bonds. The smallest absolute Gasteiger partial charge is 0.305 e. The fourth-order valence-electron chi connectivity index (χ4n) is 4.86. The summed E-state index contributed by atoms with van der Waals surface area (Å²) >= 11 is 1.27. The first-order valence-electron chi connectivity index (χ1n) is 17.0. The summed E-state index contributed by atoms with van der Waals surface area (Å²) in [4.78, 5) is 135. The third kappa shape index (κ3) is 21.1. The Morgan fingerprint density at radius 2 is 1.07 bits per heavy atom. The van der Waals surface area contributed by atoms with E-state index in [2.05, 4.69) is 32.5 Å². The molecule has 0 aliphatic heterocycles. The lowest BCUT2D eigenvalue weighted by molar-refractivity contribution is -0.142. The molecule has 0 aliphatic carbocycles. The summed E-state index contributed by atoms with van der Waals surface area (Å²) in [7, 11) is 0. The first-order valence-corrected chi connectivity index (χ1v) is 18.4. The second-order valence-corrected chi connectivity index (χ2v) is 13.7. The molecule has 0 saturated heterocycles. The Hall–Kier alpha value is -5.52. The van der Waals surface area contributed by atoms with Gasteiger partial charge >= 0.3 is 23.9 Å². The van der Waals surface area contributed by atoms with Gasteiger partial charge in [0, 0.05) is 25.7 Å². The van der Waals surface area contributed by atoms with Gasteiger partial charge in [-0.1, -0.05) is 13.8 Å². The van der Waals surface area contributed by atoms with Gasteiger partial charge in [-0.25, -0.2) is 0 Å². The third-order valence-corrected chi connectivity index (χ3v) is 8.28. The van der Waals surface area contributed by atoms with E-state index in [0.717, 1.165) is 0 Å². The van der Waals surface area contributed by atoms with Crippen LogP contribution in [0.5, 0.6) is 0 Å². The Kier molecular flexibility index (Phi) is 23.6. The molecule has 20 nitrogen and oxygen atoms in total. The number of thioether (sulfide) groups is 1. The van der Waals surface area contributed by atoms with Crippen LogP contribution in [0.25, 0.3) is 0 Å². The van der Waals surface area contributed by atoms with Crippen molar-refractivity contribution in [2.75, 3.05) is 12.0 Å². The van der Waals surface area contributed by atoms with Gasteiger partial charge in [-0.05, 0) is 43.6 Å². The summed E-state index contributed by atoms with van der Waals surface area (Å²) in [6, 6.07) is -7.71.